The van der Waals surface area contributed by atoms with Gasteiger partial charge in [-0.25, -0.2) is 4.79 Å². The van der Waals surface area contributed by atoms with Gasteiger partial charge in [-0.3, -0.25) is 10.1 Å². The molecule has 1 aromatic rings. The van der Waals surface area contributed by atoms with Crippen LogP contribution in [0, 0.1) is 10.1 Å². The molecule has 6 nitrogen and oxygen atoms in total. The van der Waals surface area contributed by atoms with E-state index in [4.69, 9.17) is 9.52 Å². The number of furan rings is 1. The highest BCUT2D eigenvalue weighted by Gasteiger charge is 2.11. The average molecular weight is 262 g/mol. The molecular weight excluding hydrogens is 258 g/mol. The number of hydrogen-bond donors (Lipinski definition) is 1. The SMILES string of the molecule is O=C(O)/C(Br)=C/c1ccc([N+](=O)[O-])o1. The van der Waals surface area contributed by atoms with Gasteiger partial charge in [-0.1, -0.05) is 0 Å². The van der Waals surface area contributed by atoms with Crippen LogP contribution in [0.2, 0.25) is 0 Å². The maximum Gasteiger partial charge on any atom is 0.433 e. The number of carbonyl (C=O) groups is 1. The van der Waals surface area contributed by atoms with Crippen molar-refractivity contribution < 1.29 is 19.2 Å². The highest BCUT2D eigenvalue weighted by molar-refractivity contribution is 9.12. The molecule has 1 N–H and O–H groups in total. The van der Waals surface area contributed by atoms with E-state index in [-0.39, 0.29) is 10.2 Å². The lowest BCUT2D eigenvalue weighted by Gasteiger charge is -1.87. The standard InChI is InChI=1S/C7H4BrNO5/c8-5(7(10)11)3-4-1-2-6(14-4)9(12)13/h1-3H,(H,10,11)/b5-3-. The van der Waals surface area contributed by atoms with E-state index in [0.717, 1.165) is 12.1 Å². The highest BCUT2D eigenvalue weighted by Crippen LogP contribution is 2.19. The van der Waals surface area contributed by atoms with Gasteiger partial charge in [-0.05, 0) is 22.0 Å². The van der Waals surface area contributed by atoms with Gasteiger partial charge in [0.2, 0.25) is 0 Å². The van der Waals surface area contributed by atoms with Gasteiger partial charge in [0.1, 0.15) is 15.2 Å². The number of aliphatic carboxylic acids is 1. The van der Waals surface area contributed by atoms with E-state index in [0.29, 0.717) is 0 Å². The first-order valence-electron chi connectivity index (χ1n) is 3.35. The predicted octanol–water partition coefficient (Wildman–Crippen LogP) is 2.01. The van der Waals surface area contributed by atoms with E-state index in [1.807, 2.05) is 0 Å². The smallest absolute Gasteiger partial charge is 0.433 e. The molecule has 0 aliphatic rings. The van der Waals surface area contributed by atoms with Crippen LogP contribution in [-0.2, 0) is 4.79 Å². The average Bonchev–Trinajstić information content (AvgIpc) is 2.52. The monoisotopic (exact) mass is 261 g/mol. The van der Waals surface area contributed by atoms with Gasteiger partial charge in [0, 0.05) is 6.08 Å². The number of halogens is 1. The Balaban J connectivity index is 2.93. The third kappa shape index (κ3) is 2.43. The first kappa shape index (κ1) is 10.5. The number of nitrogens with zero attached hydrogens (tertiary/aromatic N) is 1. The lowest BCUT2D eigenvalue weighted by Crippen LogP contribution is -1.92. The lowest BCUT2D eigenvalue weighted by molar-refractivity contribution is -0.402. The van der Waals surface area contributed by atoms with E-state index in [1.54, 1.807) is 0 Å². The van der Waals surface area contributed by atoms with Gasteiger partial charge in [0.25, 0.3) is 0 Å². The molecule has 1 rings (SSSR count). The van der Waals surface area contributed by atoms with Crippen LogP contribution in [-0.4, -0.2) is 16.0 Å². The molecule has 0 aliphatic carbocycles. The van der Waals surface area contributed by atoms with E-state index in [1.165, 1.54) is 6.07 Å². The Morgan fingerprint density at radius 2 is 2.29 bits per heavy atom. The zero-order valence-electron chi connectivity index (χ0n) is 6.64. The summed E-state index contributed by atoms with van der Waals surface area (Å²) in [5, 5.41) is 18.7. The molecule has 0 spiro atoms. The molecule has 0 bridgehead atoms. The zero-order valence-corrected chi connectivity index (χ0v) is 8.22. The van der Waals surface area contributed by atoms with Crippen LogP contribution in [0.1, 0.15) is 5.76 Å². The summed E-state index contributed by atoms with van der Waals surface area (Å²) in [4.78, 5) is 19.8. The Hall–Kier alpha value is -1.63. The van der Waals surface area contributed by atoms with Gasteiger partial charge in [0.15, 0.2) is 0 Å². The van der Waals surface area contributed by atoms with Crippen molar-refractivity contribution >= 4 is 33.9 Å². The van der Waals surface area contributed by atoms with E-state index >= 15 is 0 Å². The van der Waals surface area contributed by atoms with Crippen molar-refractivity contribution in [1.29, 1.82) is 0 Å². The Kier molecular flexibility index (Phi) is 3.03. The quantitative estimate of drug-likeness (QED) is 0.510. The fourth-order valence-corrected chi connectivity index (χ4v) is 0.930. The summed E-state index contributed by atoms with van der Waals surface area (Å²) in [5.74, 6) is -1.50. The van der Waals surface area contributed by atoms with Gasteiger partial charge in [0.05, 0.1) is 6.07 Å². The summed E-state index contributed by atoms with van der Waals surface area (Å²) >= 11 is 2.76. The first-order valence-corrected chi connectivity index (χ1v) is 4.14. The summed E-state index contributed by atoms with van der Waals surface area (Å²) in [6.07, 6.45) is 1.13. The lowest BCUT2D eigenvalue weighted by atomic mass is 10.4. The molecule has 0 fully saturated rings. The van der Waals surface area contributed by atoms with Gasteiger partial charge >= 0.3 is 11.9 Å². The molecule has 0 aliphatic heterocycles. The van der Waals surface area contributed by atoms with Crippen LogP contribution in [0.4, 0.5) is 5.88 Å². The number of carboxylic acid groups (broad SMARTS) is 1. The van der Waals surface area contributed by atoms with Crippen molar-refractivity contribution in [2.75, 3.05) is 0 Å². The van der Waals surface area contributed by atoms with Crippen LogP contribution in [0.3, 0.4) is 0 Å². The molecule has 0 aromatic carbocycles. The van der Waals surface area contributed by atoms with Gasteiger partial charge < -0.3 is 9.52 Å². The largest absolute Gasteiger partial charge is 0.477 e. The van der Waals surface area contributed by atoms with Gasteiger partial charge in [-0.2, -0.15) is 0 Å². The van der Waals surface area contributed by atoms with Crippen molar-refractivity contribution in [3.63, 3.8) is 0 Å². The van der Waals surface area contributed by atoms with Crippen LogP contribution in [0.5, 0.6) is 0 Å². The van der Waals surface area contributed by atoms with Crippen molar-refractivity contribution in [3.8, 4) is 0 Å². The minimum atomic E-state index is -1.18. The minimum Gasteiger partial charge on any atom is -0.477 e. The van der Waals surface area contributed by atoms with Crippen molar-refractivity contribution in [2.45, 2.75) is 0 Å². The van der Waals surface area contributed by atoms with Crippen LogP contribution in [0.25, 0.3) is 6.08 Å². The zero-order chi connectivity index (χ0) is 10.7. The molecular formula is C7H4BrNO5. The predicted molar refractivity (Wildman–Crippen MR) is 49.9 cm³/mol. The van der Waals surface area contributed by atoms with Crippen LogP contribution < -0.4 is 0 Å². The second kappa shape index (κ2) is 4.05. The fraction of sp³-hybridized carbons (Fsp3) is 0. The second-order valence-corrected chi connectivity index (χ2v) is 3.08. The summed E-state index contributed by atoms with van der Waals surface area (Å²) < 4.78 is 4.56. The number of rotatable bonds is 3. The molecule has 0 saturated carbocycles. The Morgan fingerprint density at radius 1 is 1.64 bits per heavy atom. The molecule has 0 amide bonds. The number of carboxylic acids is 1. The van der Waals surface area contributed by atoms with Crippen molar-refractivity contribution in [1.82, 2.24) is 0 Å². The maximum atomic E-state index is 10.4. The third-order valence-corrected chi connectivity index (χ3v) is 1.83. The van der Waals surface area contributed by atoms with E-state index < -0.39 is 16.8 Å². The minimum absolute atomic E-state index is 0.103. The molecule has 0 radical (unpaired) electrons. The maximum absolute atomic E-state index is 10.4. The summed E-state index contributed by atoms with van der Waals surface area (Å²) in [6.45, 7) is 0. The summed E-state index contributed by atoms with van der Waals surface area (Å²) in [7, 11) is 0. The van der Waals surface area contributed by atoms with E-state index in [9.17, 15) is 14.9 Å². The molecule has 1 aromatic heterocycles. The summed E-state index contributed by atoms with van der Waals surface area (Å²) in [5.41, 5.74) is 0. The highest BCUT2D eigenvalue weighted by atomic mass is 79.9. The van der Waals surface area contributed by atoms with Crippen molar-refractivity contribution in [2.24, 2.45) is 0 Å². The summed E-state index contributed by atoms with van der Waals surface area (Å²) in [6, 6.07) is 2.45. The number of nitro groups is 1. The van der Waals surface area contributed by atoms with Crippen LogP contribution in [0.15, 0.2) is 21.0 Å². The molecule has 7 heteroatoms. The van der Waals surface area contributed by atoms with Crippen molar-refractivity contribution in [3.05, 3.63) is 32.5 Å². The second-order valence-electron chi connectivity index (χ2n) is 2.23. The number of hydrogen-bond acceptors (Lipinski definition) is 4. The molecule has 1 heterocycles. The Labute approximate surface area is 86.1 Å². The molecule has 74 valence electrons. The molecule has 14 heavy (non-hydrogen) atoms. The Bertz CT molecular complexity index is 408. The fourth-order valence-electron chi connectivity index (χ4n) is 0.705. The third-order valence-electron chi connectivity index (χ3n) is 1.27. The first-order chi connectivity index (χ1) is 6.50. The Morgan fingerprint density at radius 3 is 2.71 bits per heavy atom. The van der Waals surface area contributed by atoms with Gasteiger partial charge in [-0.15, -0.1) is 0 Å². The molecule has 0 atom stereocenters. The van der Waals surface area contributed by atoms with Crippen LogP contribution >= 0.6 is 15.9 Å². The molecule has 0 saturated heterocycles. The topological polar surface area (TPSA) is 93.6 Å². The molecule has 0 unspecified atom stereocenters. The van der Waals surface area contributed by atoms with E-state index in [2.05, 4.69) is 15.9 Å². The normalized spacial score (nSPS) is 11.4.